The summed E-state index contributed by atoms with van der Waals surface area (Å²) in [7, 11) is -2.91. The molecule has 1 unspecified atom stereocenters. The van der Waals surface area contributed by atoms with Crippen molar-refractivity contribution in [2.45, 2.75) is 24.5 Å². The van der Waals surface area contributed by atoms with Crippen molar-refractivity contribution in [3.8, 4) is 0 Å². The highest BCUT2D eigenvalue weighted by atomic mass is 32.2. The average molecular weight is 249 g/mol. The maximum absolute atomic E-state index is 11.3. The maximum atomic E-state index is 11.3. The second-order valence-corrected chi connectivity index (χ2v) is 6.72. The SMILES string of the molecule is O=C(O)C1COC2(CCS(=O)(=O)CC2)CN1. The number of carbonyl (C=O) groups is 1. The molecule has 0 aliphatic carbocycles. The molecule has 2 fully saturated rings. The van der Waals surface area contributed by atoms with E-state index in [-0.39, 0.29) is 18.1 Å². The topological polar surface area (TPSA) is 92.7 Å². The Bertz CT molecular complexity index is 367. The summed E-state index contributed by atoms with van der Waals surface area (Å²) in [5.41, 5.74) is -0.475. The van der Waals surface area contributed by atoms with Crippen molar-refractivity contribution in [2.75, 3.05) is 24.7 Å². The Morgan fingerprint density at radius 2 is 2.00 bits per heavy atom. The van der Waals surface area contributed by atoms with E-state index in [1.807, 2.05) is 0 Å². The van der Waals surface area contributed by atoms with Crippen LogP contribution in [0.25, 0.3) is 0 Å². The van der Waals surface area contributed by atoms with Crippen LogP contribution in [0.3, 0.4) is 0 Å². The summed E-state index contributed by atoms with van der Waals surface area (Å²) in [4.78, 5) is 10.7. The van der Waals surface area contributed by atoms with Crippen LogP contribution in [0.4, 0.5) is 0 Å². The van der Waals surface area contributed by atoms with Gasteiger partial charge in [0.1, 0.15) is 6.04 Å². The number of sulfone groups is 1. The van der Waals surface area contributed by atoms with Crippen molar-refractivity contribution >= 4 is 15.8 Å². The summed E-state index contributed by atoms with van der Waals surface area (Å²) in [5.74, 6) is -0.669. The zero-order valence-electron chi connectivity index (χ0n) is 8.81. The predicted molar refractivity (Wildman–Crippen MR) is 56.0 cm³/mol. The van der Waals surface area contributed by atoms with Gasteiger partial charge in [0.15, 0.2) is 9.84 Å². The Morgan fingerprint density at radius 1 is 1.38 bits per heavy atom. The van der Waals surface area contributed by atoms with E-state index >= 15 is 0 Å². The molecule has 7 heteroatoms. The molecule has 0 bridgehead atoms. The first kappa shape index (κ1) is 11.8. The Kier molecular flexibility index (Phi) is 2.93. The third-order valence-corrected chi connectivity index (χ3v) is 4.91. The molecule has 0 aromatic rings. The highest BCUT2D eigenvalue weighted by Crippen LogP contribution is 2.29. The molecule has 2 N–H and O–H groups in total. The zero-order valence-corrected chi connectivity index (χ0v) is 9.62. The van der Waals surface area contributed by atoms with Crippen LogP contribution in [-0.4, -0.2) is 55.8 Å². The monoisotopic (exact) mass is 249 g/mol. The highest BCUT2D eigenvalue weighted by molar-refractivity contribution is 7.91. The molecule has 2 saturated heterocycles. The summed E-state index contributed by atoms with van der Waals surface area (Å²) in [6, 6.07) is -0.677. The van der Waals surface area contributed by atoms with Gasteiger partial charge in [0.2, 0.25) is 0 Å². The van der Waals surface area contributed by atoms with E-state index in [0.29, 0.717) is 19.4 Å². The summed E-state index contributed by atoms with van der Waals surface area (Å²) < 4.78 is 28.1. The van der Waals surface area contributed by atoms with E-state index in [1.165, 1.54) is 0 Å². The van der Waals surface area contributed by atoms with Crippen molar-refractivity contribution in [1.29, 1.82) is 0 Å². The Balaban J connectivity index is 1.96. The molecular weight excluding hydrogens is 234 g/mol. The standard InChI is InChI=1S/C9H15NO5S/c11-8(12)7-5-15-9(6-10-7)1-3-16(13,14)4-2-9/h7,10H,1-6H2,(H,11,12). The van der Waals surface area contributed by atoms with Crippen LogP contribution in [0.2, 0.25) is 0 Å². The first-order chi connectivity index (χ1) is 7.43. The normalized spacial score (nSPS) is 32.4. The van der Waals surface area contributed by atoms with Gasteiger partial charge < -0.3 is 9.84 Å². The molecule has 2 aliphatic heterocycles. The average Bonchev–Trinajstić information content (AvgIpc) is 2.24. The van der Waals surface area contributed by atoms with Crippen LogP contribution in [0, 0.1) is 0 Å². The highest BCUT2D eigenvalue weighted by Gasteiger charge is 2.42. The van der Waals surface area contributed by atoms with Gasteiger partial charge in [-0.2, -0.15) is 0 Å². The van der Waals surface area contributed by atoms with Gasteiger partial charge in [-0.25, -0.2) is 8.42 Å². The fraction of sp³-hybridized carbons (Fsp3) is 0.889. The lowest BCUT2D eigenvalue weighted by molar-refractivity contribution is -0.150. The fourth-order valence-corrected chi connectivity index (χ4v) is 3.64. The predicted octanol–water partition coefficient (Wildman–Crippen LogP) is -0.993. The molecule has 16 heavy (non-hydrogen) atoms. The van der Waals surface area contributed by atoms with E-state index in [2.05, 4.69) is 5.32 Å². The van der Waals surface area contributed by atoms with Gasteiger partial charge in [0.05, 0.1) is 23.7 Å². The van der Waals surface area contributed by atoms with E-state index in [4.69, 9.17) is 9.84 Å². The van der Waals surface area contributed by atoms with Gasteiger partial charge in [-0.15, -0.1) is 0 Å². The third-order valence-electron chi connectivity index (χ3n) is 3.26. The van der Waals surface area contributed by atoms with E-state index in [9.17, 15) is 13.2 Å². The minimum absolute atomic E-state index is 0.107. The minimum atomic E-state index is -2.91. The van der Waals surface area contributed by atoms with Crippen molar-refractivity contribution in [3.05, 3.63) is 0 Å². The van der Waals surface area contributed by atoms with E-state index in [0.717, 1.165) is 0 Å². The second-order valence-electron chi connectivity index (χ2n) is 4.42. The first-order valence-corrected chi connectivity index (χ1v) is 7.05. The largest absolute Gasteiger partial charge is 0.480 e. The molecule has 2 aliphatic rings. The number of carboxylic acid groups (broad SMARTS) is 1. The molecule has 0 aromatic heterocycles. The summed E-state index contributed by atoms with van der Waals surface area (Å²) in [6.07, 6.45) is 0.906. The molecule has 6 nitrogen and oxygen atoms in total. The van der Waals surface area contributed by atoms with Crippen LogP contribution in [0.5, 0.6) is 0 Å². The van der Waals surface area contributed by atoms with Gasteiger partial charge >= 0.3 is 5.97 Å². The molecule has 1 spiro atoms. The van der Waals surface area contributed by atoms with Gasteiger partial charge in [-0.1, -0.05) is 0 Å². The summed E-state index contributed by atoms with van der Waals surface area (Å²) in [5, 5.41) is 11.7. The van der Waals surface area contributed by atoms with E-state index in [1.54, 1.807) is 0 Å². The molecule has 92 valence electrons. The number of aliphatic carboxylic acids is 1. The van der Waals surface area contributed by atoms with Crippen molar-refractivity contribution in [2.24, 2.45) is 0 Å². The molecule has 0 radical (unpaired) electrons. The van der Waals surface area contributed by atoms with Crippen LogP contribution < -0.4 is 5.32 Å². The molecule has 2 rings (SSSR count). The molecular formula is C9H15NO5S. The van der Waals surface area contributed by atoms with Crippen LogP contribution >= 0.6 is 0 Å². The number of carboxylic acids is 1. The lowest BCUT2D eigenvalue weighted by Crippen LogP contribution is -2.59. The number of rotatable bonds is 1. The molecule has 0 amide bonds. The van der Waals surface area contributed by atoms with Gasteiger partial charge in [-0.3, -0.25) is 10.1 Å². The lowest BCUT2D eigenvalue weighted by atomic mass is 9.94. The van der Waals surface area contributed by atoms with Crippen molar-refractivity contribution < 1.29 is 23.1 Å². The number of ether oxygens (including phenoxy) is 1. The van der Waals surface area contributed by atoms with Crippen molar-refractivity contribution in [3.63, 3.8) is 0 Å². The molecule has 2 heterocycles. The summed E-state index contributed by atoms with van der Waals surface area (Å²) >= 11 is 0. The number of hydrogen-bond donors (Lipinski definition) is 2. The molecule has 1 atom stereocenters. The van der Waals surface area contributed by atoms with Crippen molar-refractivity contribution in [1.82, 2.24) is 5.32 Å². The third kappa shape index (κ3) is 2.36. The number of hydrogen-bond acceptors (Lipinski definition) is 5. The molecule has 0 aromatic carbocycles. The Labute approximate surface area is 93.9 Å². The maximum Gasteiger partial charge on any atom is 0.323 e. The smallest absolute Gasteiger partial charge is 0.323 e. The Hall–Kier alpha value is -0.660. The van der Waals surface area contributed by atoms with Gasteiger partial charge in [0.25, 0.3) is 0 Å². The first-order valence-electron chi connectivity index (χ1n) is 5.23. The lowest BCUT2D eigenvalue weighted by Gasteiger charge is -2.42. The summed E-state index contributed by atoms with van der Waals surface area (Å²) in [6.45, 7) is 0.523. The molecule has 0 saturated carbocycles. The zero-order chi connectivity index (χ0) is 11.8. The van der Waals surface area contributed by atoms with Gasteiger partial charge in [0, 0.05) is 6.54 Å². The van der Waals surface area contributed by atoms with Gasteiger partial charge in [-0.05, 0) is 12.8 Å². The van der Waals surface area contributed by atoms with Crippen LogP contribution in [0.1, 0.15) is 12.8 Å². The second kappa shape index (κ2) is 3.97. The number of nitrogens with one attached hydrogen (secondary N) is 1. The minimum Gasteiger partial charge on any atom is -0.480 e. The number of morpholine rings is 1. The van der Waals surface area contributed by atoms with Crippen LogP contribution in [-0.2, 0) is 19.4 Å². The van der Waals surface area contributed by atoms with Crippen LogP contribution in [0.15, 0.2) is 0 Å². The fourth-order valence-electron chi connectivity index (χ4n) is 2.07. The Morgan fingerprint density at radius 3 is 2.44 bits per heavy atom. The van der Waals surface area contributed by atoms with E-state index < -0.39 is 27.4 Å². The quantitative estimate of drug-likeness (QED) is 0.619.